The predicted octanol–water partition coefficient (Wildman–Crippen LogP) is 2.87. The molecule has 0 spiro atoms. The third kappa shape index (κ3) is 3.61. The van der Waals surface area contributed by atoms with E-state index in [0.717, 1.165) is 18.2 Å². The maximum atomic E-state index is 5.92. The molecule has 1 aromatic carbocycles. The molecule has 4 heteroatoms. The Morgan fingerprint density at radius 2 is 2.00 bits per heavy atom. The van der Waals surface area contributed by atoms with Gasteiger partial charge < -0.3 is 15.4 Å². The Balaban J connectivity index is 1.79. The first-order valence-electron chi connectivity index (χ1n) is 9.49. The largest absolute Gasteiger partial charge is 0.493 e. The van der Waals surface area contributed by atoms with Gasteiger partial charge >= 0.3 is 0 Å². The third-order valence-corrected chi connectivity index (χ3v) is 5.89. The molecular weight excluding hydrogens is 298 g/mol. The Bertz CT molecular complexity index is 560. The molecule has 2 heterocycles. The molecule has 2 fully saturated rings. The summed E-state index contributed by atoms with van der Waals surface area (Å²) in [6, 6.07) is 5.79. The molecule has 2 aliphatic rings. The number of hydrogen-bond donors (Lipinski definition) is 1. The van der Waals surface area contributed by atoms with Crippen LogP contribution < -0.4 is 10.5 Å². The highest BCUT2D eigenvalue weighted by molar-refractivity contribution is 5.45. The second kappa shape index (κ2) is 7.85. The van der Waals surface area contributed by atoms with Gasteiger partial charge in [-0.25, -0.2) is 0 Å². The average molecular weight is 332 g/mol. The number of piperazine rings is 1. The minimum atomic E-state index is 0.578. The molecule has 134 valence electrons. The van der Waals surface area contributed by atoms with Gasteiger partial charge in [0.05, 0.1) is 6.61 Å². The summed E-state index contributed by atoms with van der Waals surface area (Å²) >= 11 is 0. The Morgan fingerprint density at radius 1 is 1.17 bits per heavy atom. The van der Waals surface area contributed by atoms with Crippen molar-refractivity contribution >= 4 is 0 Å². The van der Waals surface area contributed by atoms with E-state index in [1.54, 1.807) is 0 Å². The number of piperidine rings is 1. The van der Waals surface area contributed by atoms with Crippen LogP contribution in [0.15, 0.2) is 12.1 Å². The SMILES string of the molecule is Cc1c(OCCCN)ccc(C2CCCC3CN(C)CCN32)c1C. The molecular formula is C20H33N3O. The predicted molar refractivity (Wildman–Crippen MR) is 99.7 cm³/mol. The lowest BCUT2D eigenvalue weighted by atomic mass is 9.86. The van der Waals surface area contributed by atoms with Crippen molar-refractivity contribution in [2.24, 2.45) is 5.73 Å². The number of nitrogens with two attached hydrogens (primary N) is 1. The fourth-order valence-corrected chi connectivity index (χ4v) is 4.34. The normalized spacial score (nSPS) is 25.5. The van der Waals surface area contributed by atoms with Crippen LogP contribution in [0.25, 0.3) is 0 Å². The number of rotatable bonds is 5. The molecule has 1 aromatic rings. The molecule has 0 aromatic heterocycles. The molecule has 2 N–H and O–H groups in total. The maximum absolute atomic E-state index is 5.92. The number of nitrogens with zero attached hydrogens (tertiary/aromatic N) is 2. The monoisotopic (exact) mass is 331 g/mol. The Labute approximate surface area is 147 Å². The van der Waals surface area contributed by atoms with Gasteiger partial charge in [0.25, 0.3) is 0 Å². The molecule has 2 saturated heterocycles. The van der Waals surface area contributed by atoms with E-state index in [2.05, 4.69) is 42.8 Å². The second-order valence-corrected chi connectivity index (χ2v) is 7.49. The number of benzene rings is 1. The van der Waals surface area contributed by atoms with Gasteiger partial charge in [0, 0.05) is 31.7 Å². The summed E-state index contributed by atoms with van der Waals surface area (Å²) in [5, 5.41) is 0. The van der Waals surface area contributed by atoms with Gasteiger partial charge in [0.1, 0.15) is 5.75 Å². The van der Waals surface area contributed by atoms with Crippen LogP contribution in [-0.4, -0.2) is 55.7 Å². The molecule has 4 nitrogen and oxygen atoms in total. The van der Waals surface area contributed by atoms with Gasteiger partial charge in [-0.05, 0) is 75.9 Å². The van der Waals surface area contributed by atoms with Gasteiger partial charge in [-0.15, -0.1) is 0 Å². The molecule has 0 saturated carbocycles. The average Bonchev–Trinajstić information content (AvgIpc) is 2.58. The highest BCUT2D eigenvalue weighted by Gasteiger charge is 2.35. The van der Waals surface area contributed by atoms with E-state index in [1.807, 2.05) is 0 Å². The number of likely N-dealkylation sites (N-methyl/N-ethyl adjacent to an activating group) is 1. The topological polar surface area (TPSA) is 41.7 Å². The van der Waals surface area contributed by atoms with Crippen molar-refractivity contribution in [2.75, 3.05) is 39.8 Å². The van der Waals surface area contributed by atoms with Crippen LogP contribution in [0.3, 0.4) is 0 Å². The van der Waals surface area contributed by atoms with Crippen molar-refractivity contribution in [1.82, 2.24) is 9.80 Å². The van der Waals surface area contributed by atoms with Crippen molar-refractivity contribution < 1.29 is 4.74 Å². The Morgan fingerprint density at radius 3 is 2.79 bits per heavy atom. The fourth-order valence-electron chi connectivity index (χ4n) is 4.34. The number of hydrogen-bond acceptors (Lipinski definition) is 4. The van der Waals surface area contributed by atoms with Crippen LogP contribution in [0, 0.1) is 13.8 Å². The zero-order chi connectivity index (χ0) is 17.1. The molecule has 3 rings (SSSR count). The van der Waals surface area contributed by atoms with Gasteiger partial charge in [0.15, 0.2) is 0 Å². The van der Waals surface area contributed by atoms with E-state index in [9.17, 15) is 0 Å². The molecule has 24 heavy (non-hydrogen) atoms. The van der Waals surface area contributed by atoms with Crippen molar-refractivity contribution in [2.45, 2.75) is 51.6 Å². The molecule has 0 amide bonds. The van der Waals surface area contributed by atoms with Gasteiger partial charge in [-0.2, -0.15) is 0 Å². The van der Waals surface area contributed by atoms with Gasteiger partial charge in [-0.1, -0.05) is 6.07 Å². The fraction of sp³-hybridized carbons (Fsp3) is 0.700. The molecule has 0 bridgehead atoms. The maximum Gasteiger partial charge on any atom is 0.122 e. The first kappa shape index (κ1) is 17.7. The first-order chi connectivity index (χ1) is 11.6. The van der Waals surface area contributed by atoms with Crippen LogP contribution in [-0.2, 0) is 0 Å². The lowest BCUT2D eigenvalue weighted by Gasteiger charge is -2.48. The summed E-state index contributed by atoms with van der Waals surface area (Å²) in [4.78, 5) is 5.25. The Hall–Kier alpha value is -1.10. The van der Waals surface area contributed by atoms with Crippen LogP contribution in [0.4, 0.5) is 0 Å². The lowest BCUT2D eigenvalue weighted by Crippen LogP contribution is -2.54. The standard InChI is InChI=1S/C20H33N3O/c1-15-16(2)20(24-13-5-10-21)9-8-18(15)19-7-4-6-17-14-22(3)11-12-23(17)19/h8-9,17,19H,4-7,10-14,21H2,1-3H3. The van der Waals surface area contributed by atoms with Gasteiger partial charge in [-0.3, -0.25) is 4.90 Å². The summed E-state index contributed by atoms with van der Waals surface area (Å²) in [5.74, 6) is 1.02. The summed E-state index contributed by atoms with van der Waals surface area (Å²) in [6.07, 6.45) is 4.88. The van der Waals surface area contributed by atoms with Crippen LogP contribution in [0.5, 0.6) is 5.75 Å². The van der Waals surface area contributed by atoms with Crippen LogP contribution >= 0.6 is 0 Å². The van der Waals surface area contributed by atoms with E-state index in [-0.39, 0.29) is 0 Å². The third-order valence-electron chi connectivity index (χ3n) is 5.89. The van der Waals surface area contributed by atoms with Crippen molar-refractivity contribution in [3.63, 3.8) is 0 Å². The van der Waals surface area contributed by atoms with Gasteiger partial charge in [0.2, 0.25) is 0 Å². The molecule has 0 aliphatic carbocycles. The summed E-state index contributed by atoms with van der Waals surface area (Å²) in [7, 11) is 2.25. The minimum Gasteiger partial charge on any atom is -0.493 e. The molecule has 2 atom stereocenters. The summed E-state index contributed by atoms with van der Waals surface area (Å²) in [5.41, 5.74) is 9.77. The van der Waals surface area contributed by atoms with Crippen LogP contribution in [0.2, 0.25) is 0 Å². The second-order valence-electron chi connectivity index (χ2n) is 7.49. The smallest absolute Gasteiger partial charge is 0.122 e. The molecule has 2 aliphatic heterocycles. The zero-order valence-corrected chi connectivity index (χ0v) is 15.6. The number of fused-ring (bicyclic) bond motifs is 1. The van der Waals surface area contributed by atoms with E-state index < -0.39 is 0 Å². The summed E-state index contributed by atoms with van der Waals surface area (Å²) < 4.78 is 5.92. The minimum absolute atomic E-state index is 0.578. The van der Waals surface area contributed by atoms with Crippen LogP contribution in [0.1, 0.15) is 48.4 Å². The molecule has 0 radical (unpaired) electrons. The van der Waals surface area contributed by atoms with E-state index in [4.69, 9.17) is 10.5 Å². The van der Waals surface area contributed by atoms with Crippen molar-refractivity contribution in [3.05, 3.63) is 28.8 Å². The first-order valence-corrected chi connectivity index (χ1v) is 9.49. The highest BCUT2D eigenvalue weighted by atomic mass is 16.5. The molecule has 2 unspecified atom stereocenters. The summed E-state index contributed by atoms with van der Waals surface area (Å²) in [6.45, 7) is 9.45. The van der Waals surface area contributed by atoms with E-state index >= 15 is 0 Å². The number of ether oxygens (including phenoxy) is 1. The lowest BCUT2D eigenvalue weighted by molar-refractivity contribution is 0.0183. The quantitative estimate of drug-likeness (QED) is 0.843. The highest BCUT2D eigenvalue weighted by Crippen LogP contribution is 2.39. The van der Waals surface area contributed by atoms with Crippen molar-refractivity contribution in [3.8, 4) is 5.75 Å². The zero-order valence-electron chi connectivity index (χ0n) is 15.6. The van der Waals surface area contributed by atoms with E-state index in [1.165, 1.54) is 55.6 Å². The van der Waals surface area contributed by atoms with Crippen molar-refractivity contribution in [1.29, 1.82) is 0 Å². The van der Waals surface area contributed by atoms with E-state index in [0.29, 0.717) is 19.2 Å². The Kier molecular flexibility index (Phi) is 5.80.